The minimum atomic E-state index is -0.961. The number of pyridine rings is 1. The topological polar surface area (TPSA) is 120 Å². The van der Waals surface area contributed by atoms with Crippen LogP contribution in [0.3, 0.4) is 0 Å². The van der Waals surface area contributed by atoms with Crippen molar-refractivity contribution >= 4 is 17.6 Å². The Morgan fingerprint density at radius 3 is 2.67 bits per heavy atom. The van der Waals surface area contributed by atoms with Gasteiger partial charge in [-0.1, -0.05) is 0 Å². The number of nitrogens with one attached hydrogen (secondary N) is 1. The maximum Gasteiger partial charge on any atom is 0.318 e. The van der Waals surface area contributed by atoms with Gasteiger partial charge in [0.1, 0.15) is 6.54 Å². The van der Waals surface area contributed by atoms with E-state index >= 15 is 0 Å². The Balaban J connectivity index is 2.80. The number of nitrogens with zero attached hydrogens (tertiary/aromatic N) is 1. The molecule has 3 amide bonds. The van der Waals surface area contributed by atoms with E-state index in [0.29, 0.717) is 5.69 Å². The largest absolute Gasteiger partial charge is 0.398 e. The smallest absolute Gasteiger partial charge is 0.318 e. The summed E-state index contributed by atoms with van der Waals surface area (Å²) in [7, 11) is 0. The van der Waals surface area contributed by atoms with Crippen LogP contribution >= 0.6 is 0 Å². The predicted octanol–water partition coefficient (Wildman–Crippen LogP) is -1.37. The van der Waals surface area contributed by atoms with E-state index in [2.05, 4.69) is 0 Å². The van der Waals surface area contributed by atoms with Gasteiger partial charge in [0.05, 0.1) is 0 Å². The monoisotopic (exact) mass is 210 g/mol. The fraction of sp³-hybridized carbons (Fsp3) is 0.125. The third kappa shape index (κ3) is 3.14. The molecule has 0 aromatic carbocycles. The Morgan fingerprint density at radius 1 is 1.40 bits per heavy atom. The second-order valence-electron chi connectivity index (χ2n) is 2.84. The highest BCUT2D eigenvalue weighted by Crippen LogP contribution is 1.95. The summed E-state index contributed by atoms with van der Waals surface area (Å²) >= 11 is 0. The quantitative estimate of drug-likeness (QED) is 0.557. The Morgan fingerprint density at radius 2 is 2.07 bits per heavy atom. The van der Waals surface area contributed by atoms with E-state index in [0.717, 1.165) is 4.57 Å². The molecule has 15 heavy (non-hydrogen) atoms. The van der Waals surface area contributed by atoms with Crippen LogP contribution in [0.4, 0.5) is 10.5 Å². The maximum atomic E-state index is 11.2. The molecule has 0 unspecified atom stereocenters. The van der Waals surface area contributed by atoms with E-state index in [9.17, 15) is 14.4 Å². The lowest BCUT2D eigenvalue weighted by Gasteiger charge is -2.05. The number of anilines is 1. The van der Waals surface area contributed by atoms with E-state index in [-0.39, 0.29) is 12.1 Å². The minimum Gasteiger partial charge on any atom is -0.398 e. The number of carbonyl (C=O) groups excluding carboxylic acids is 2. The van der Waals surface area contributed by atoms with Crippen molar-refractivity contribution in [3.8, 4) is 0 Å². The third-order valence-corrected chi connectivity index (χ3v) is 1.58. The molecule has 7 nitrogen and oxygen atoms in total. The molecule has 0 spiro atoms. The zero-order chi connectivity index (χ0) is 11.4. The van der Waals surface area contributed by atoms with Gasteiger partial charge in [-0.3, -0.25) is 14.9 Å². The van der Waals surface area contributed by atoms with Gasteiger partial charge in [-0.15, -0.1) is 0 Å². The first-order valence-corrected chi connectivity index (χ1v) is 4.04. The van der Waals surface area contributed by atoms with E-state index in [1.807, 2.05) is 5.32 Å². The lowest BCUT2D eigenvalue weighted by molar-refractivity contribution is -0.120. The summed E-state index contributed by atoms with van der Waals surface area (Å²) in [5.74, 6) is -0.671. The molecule has 0 saturated heterocycles. The number of hydrogen-bond donors (Lipinski definition) is 3. The lowest BCUT2D eigenvalue weighted by Crippen LogP contribution is -2.38. The number of urea groups is 1. The summed E-state index contributed by atoms with van der Waals surface area (Å²) in [5.41, 5.74) is 10.1. The summed E-state index contributed by atoms with van der Waals surface area (Å²) < 4.78 is 1.08. The van der Waals surface area contributed by atoms with Crippen LogP contribution in [0.15, 0.2) is 23.1 Å². The van der Waals surface area contributed by atoms with Crippen molar-refractivity contribution in [2.75, 3.05) is 5.73 Å². The average Bonchev–Trinajstić information content (AvgIpc) is 2.10. The third-order valence-electron chi connectivity index (χ3n) is 1.58. The second-order valence-corrected chi connectivity index (χ2v) is 2.84. The van der Waals surface area contributed by atoms with Crippen molar-refractivity contribution in [2.24, 2.45) is 5.73 Å². The number of rotatable bonds is 2. The van der Waals surface area contributed by atoms with Crippen molar-refractivity contribution in [1.29, 1.82) is 0 Å². The van der Waals surface area contributed by atoms with Crippen LogP contribution in [0.25, 0.3) is 0 Å². The van der Waals surface area contributed by atoms with Crippen LogP contribution < -0.4 is 22.3 Å². The molecule has 0 aliphatic carbocycles. The van der Waals surface area contributed by atoms with E-state index in [1.165, 1.54) is 18.3 Å². The lowest BCUT2D eigenvalue weighted by atomic mass is 10.4. The molecule has 0 aliphatic heterocycles. The molecule has 1 rings (SSSR count). The molecule has 0 fully saturated rings. The van der Waals surface area contributed by atoms with Gasteiger partial charge >= 0.3 is 6.03 Å². The van der Waals surface area contributed by atoms with Gasteiger partial charge in [-0.25, -0.2) is 4.79 Å². The fourth-order valence-corrected chi connectivity index (χ4v) is 1.01. The number of imide groups is 1. The van der Waals surface area contributed by atoms with Gasteiger partial charge in [0.2, 0.25) is 5.91 Å². The number of nitrogen functional groups attached to an aromatic ring is 1. The first-order valence-electron chi connectivity index (χ1n) is 4.04. The van der Waals surface area contributed by atoms with E-state index in [1.54, 1.807) is 0 Å². The van der Waals surface area contributed by atoms with Crippen LogP contribution in [-0.4, -0.2) is 16.5 Å². The standard InChI is InChI=1S/C8H10N4O3/c9-5-1-2-7(14)12(3-5)4-6(13)11-8(10)15/h1-3H,4,9H2,(H3,10,11,13,15). The maximum absolute atomic E-state index is 11.2. The number of primary amides is 1. The minimum absolute atomic E-state index is 0.299. The molecule has 1 aromatic rings. The summed E-state index contributed by atoms with van der Waals surface area (Å²) in [6, 6.07) is 1.69. The molecule has 1 aromatic heterocycles. The zero-order valence-corrected chi connectivity index (χ0v) is 7.77. The summed E-state index contributed by atoms with van der Waals surface area (Å²) in [5, 5.41) is 1.84. The highest BCUT2D eigenvalue weighted by molar-refractivity contribution is 5.93. The van der Waals surface area contributed by atoms with Crippen molar-refractivity contribution in [3.63, 3.8) is 0 Å². The Bertz CT molecular complexity index is 451. The van der Waals surface area contributed by atoms with Crippen LogP contribution in [0, 0.1) is 0 Å². The Labute approximate surface area is 84.7 Å². The molecule has 80 valence electrons. The van der Waals surface area contributed by atoms with Crippen molar-refractivity contribution in [3.05, 3.63) is 28.7 Å². The van der Waals surface area contributed by atoms with Crippen LogP contribution in [0.2, 0.25) is 0 Å². The Kier molecular flexibility index (Phi) is 3.06. The van der Waals surface area contributed by atoms with Crippen molar-refractivity contribution in [2.45, 2.75) is 6.54 Å². The van der Waals surface area contributed by atoms with Crippen molar-refractivity contribution in [1.82, 2.24) is 9.88 Å². The molecular weight excluding hydrogens is 200 g/mol. The average molecular weight is 210 g/mol. The van der Waals surface area contributed by atoms with Crippen LogP contribution in [-0.2, 0) is 11.3 Å². The molecule has 1 heterocycles. The number of aromatic nitrogens is 1. The van der Waals surface area contributed by atoms with E-state index in [4.69, 9.17) is 11.5 Å². The number of amides is 3. The Hall–Kier alpha value is -2.31. The number of nitrogens with two attached hydrogens (primary N) is 2. The van der Waals surface area contributed by atoms with Crippen LogP contribution in [0.5, 0.6) is 0 Å². The first-order chi connectivity index (χ1) is 6.99. The first kappa shape index (κ1) is 10.8. The van der Waals surface area contributed by atoms with Gasteiger partial charge in [0, 0.05) is 18.0 Å². The molecular formula is C8H10N4O3. The van der Waals surface area contributed by atoms with Gasteiger partial charge in [-0.05, 0) is 6.07 Å². The molecule has 0 aliphatic rings. The molecule has 0 radical (unpaired) electrons. The SMILES string of the molecule is NC(=O)NC(=O)Cn1cc(N)ccc1=O. The molecule has 0 bridgehead atoms. The molecule has 7 heteroatoms. The normalized spacial score (nSPS) is 9.60. The summed E-state index contributed by atoms with van der Waals surface area (Å²) in [6.07, 6.45) is 1.31. The van der Waals surface area contributed by atoms with Gasteiger partial charge in [0.25, 0.3) is 5.56 Å². The van der Waals surface area contributed by atoms with Gasteiger partial charge in [-0.2, -0.15) is 0 Å². The fourth-order valence-electron chi connectivity index (χ4n) is 1.01. The highest BCUT2D eigenvalue weighted by Gasteiger charge is 2.06. The summed E-state index contributed by atoms with van der Waals surface area (Å²) in [4.78, 5) is 32.6. The van der Waals surface area contributed by atoms with Gasteiger partial charge < -0.3 is 16.0 Å². The highest BCUT2D eigenvalue weighted by atomic mass is 16.2. The molecule has 0 atom stereocenters. The molecule has 5 N–H and O–H groups in total. The van der Waals surface area contributed by atoms with Gasteiger partial charge in [0.15, 0.2) is 0 Å². The number of carbonyl (C=O) groups is 2. The number of hydrogen-bond acceptors (Lipinski definition) is 4. The predicted molar refractivity (Wildman–Crippen MR) is 52.8 cm³/mol. The summed E-state index contributed by atoms with van der Waals surface area (Å²) in [6.45, 7) is -0.299. The zero-order valence-electron chi connectivity index (χ0n) is 7.77. The second kappa shape index (κ2) is 4.27. The van der Waals surface area contributed by atoms with Crippen molar-refractivity contribution < 1.29 is 9.59 Å². The molecule has 0 saturated carbocycles. The van der Waals surface area contributed by atoms with E-state index < -0.39 is 11.9 Å². The van der Waals surface area contributed by atoms with Crippen LogP contribution in [0.1, 0.15) is 0 Å².